The molecule has 0 aliphatic rings. The summed E-state index contributed by atoms with van der Waals surface area (Å²) in [7, 11) is 0. The molecule has 4 nitrogen and oxygen atoms in total. The summed E-state index contributed by atoms with van der Waals surface area (Å²) in [5, 5.41) is 10.8. The smallest absolute Gasteiger partial charge is 0.340 e. The Kier molecular flexibility index (Phi) is 3.95. The highest BCUT2D eigenvalue weighted by molar-refractivity contribution is 6.29. The highest BCUT2D eigenvalue weighted by Gasteiger charge is 2.35. The van der Waals surface area contributed by atoms with Crippen LogP contribution in [0.1, 0.15) is 11.4 Å². The lowest BCUT2D eigenvalue weighted by atomic mass is 10.2. The predicted molar refractivity (Wildman–Crippen MR) is 66.4 cm³/mol. The highest BCUT2D eigenvalue weighted by Crippen LogP contribution is 2.29. The number of nitrogens with zero attached hydrogens (tertiary/aromatic N) is 3. The summed E-state index contributed by atoms with van der Waals surface area (Å²) in [6, 6.07) is 6.09. The number of aromatic nitrogens is 2. The van der Waals surface area contributed by atoms with Crippen LogP contribution in [0.15, 0.2) is 24.3 Å². The van der Waals surface area contributed by atoms with Crippen molar-refractivity contribution in [3.8, 4) is 6.07 Å². The molecule has 2 aromatic rings. The van der Waals surface area contributed by atoms with Gasteiger partial charge in [0.2, 0.25) is 5.82 Å². The molecule has 0 aliphatic carbocycles. The number of nitriles is 1. The largest absolute Gasteiger partial charge is 0.451 e. The zero-order valence-corrected chi connectivity index (χ0v) is 10.8. The molecule has 1 heterocycles. The summed E-state index contributed by atoms with van der Waals surface area (Å²) in [6.07, 6.45) is -4.75. The molecule has 21 heavy (non-hydrogen) atoms. The molecule has 0 saturated heterocycles. The number of hydrogen-bond donors (Lipinski definition) is 1. The fourth-order valence-electron chi connectivity index (χ4n) is 1.45. The van der Waals surface area contributed by atoms with Gasteiger partial charge in [0.05, 0.1) is 5.56 Å². The third kappa shape index (κ3) is 3.58. The first kappa shape index (κ1) is 15.0. The zero-order valence-electron chi connectivity index (χ0n) is 10.0. The molecule has 0 amide bonds. The van der Waals surface area contributed by atoms with Crippen LogP contribution in [0.2, 0.25) is 5.15 Å². The lowest BCUT2D eigenvalue weighted by Gasteiger charge is -2.10. The van der Waals surface area contributed by atoms with Gasteiger partial charge in [-0.25, -0.2) is 14.4 Å². The van der Waals surface area contributed by atoms with Crippen LogP contribution < -0.4 is 5.32 Å². The van der Waals surface area contributed by atoms with Crippen molar-refractivity contribution >= 4 is 23.1 Å². The third-order valence-corrected chi connectivity index (χ3v) is 2.50. The van der Waals surface area contributed by atoms with Gasteiger partial charge in [0, 0.05) is 11.8 Å². The highest BCUT2D eigenvalue weighted by atomic mass is 35.5. The molecule has 2 rings (SSSR count). The molecule has 0 unspecified atom stereocenters. The van der Waals surface area contributed by atoms with Gasteiger partial charge < -0.3 is 5.32 Å². The number of alkyl halides is 3. The fraction of sp³-hybridized carbons (Fsp3) is 0.0833. The third-order valence-electron chi connectivity index (χ3n) is 2.31. The average molecular weight is 317 g/mol. The minimum absolute atomic E-state index is 0.191. The average Bonchev–Trinajstić information content (AvgIpc) is 2.39. The van der Waals surface area contributed by atoms with E-state index in [1.165, 1.54) is 6.07 Å². The van der Waals surface area contributed by atoms with E-state index in [9.17, 15) is 17.6 Å². The summed E-state index contributed by atoms with van der Waals surface area (Å²) in [4.78, 5) is 6.34. The van der Waals surface area contributed by atoms with Crippen molar-refractivity contribution < 1.29 is 17.6 Å². The first-order valence-electron chi connectivity index (χ1n) is 5.38. The first-order valence-corrected chi connectivity index (χ1v) is 5.76. The second-order valence-corrected chi connectivity index (χ2v) is 4.22. The maximum Gasteiger partial charge on any atom is 0.451 e. The molecule has 1 aromatic heterocycles. The van der Waals surface area contributed by atoms with Gasteiger partial charge in [-0.1, -0.05) is 11.6 Å². The van der Waals surface area contributed by atoms with Crippen molar-refractivity contribution in [1.29, 1.82) is 5.26 Å². The van der Waals surface area contributed by atoms with Gasteiger partial charge in [0.25, 0.3) is 0 Å². The molecule has 0 atom stereocenters. The minimum Gasteiger partial charge on any atom is -0.340 e. The SMILES string of the molecule is N#Cc1cc(Nc2cc(Cl)nc(C(F)(F)F)n2)ccc1F. The number of benzene rings is 1. The Morgan fingerprint density at radius 1 is 1.19 bits per heavy atom. The Labute approximate surface area is 121 Å². The number of halogens is 5. The molecule has 0 bridgehead atoms. The van der Waals surface area contributed by atoms with Crippen LogP contribution in [0.3, 0.4) is 0 Å². The van der Waals surface area contributed by atoms with Crippen molar-refractivity contribution in [2.75, 3.05) is 5.32 Å². The van der Waals surface area contributed by atoms with Crippen LogP contribution in [-0.4, -0.2) is 9.97 Å². The minimum atomic E-state index is -4.75. The van der Waals surface area contributed by atoms with Crippen molar-refractivity contribution in [3.05, 3.63) is 46.6 Å². The summed E-state index contributed by atoms with van der Waals surface area (Å²) < 4.78 is 50.8. The van der Waals surface area contributed by atoms with E-state index in [0.717, 1.165) is 18.2 Å². The standard InChI is InChI=1S/C12H5ClF4N4/c13-9-4-10(21-11(20-9)12(15,16)17)19-7-1-2-8(14)6(3-7)5-18/h1-4H,(H,19,20,21). The molecule has 9 heteroatoms. The first-order chi connectivity index (χ1) is 9.79. The van der Waals surface area contributed by atoms with Crippen LogP contribution in [0.25, 0.3) is 0 Å². The van der Waals surface area contributed by atoms with E-state index in [4.69, 9.17) is 16.9 Å². The fourth-order valence-corrected chi connectivity index (χ4v) is 1.63. The Morgan fingerprint density at radius 3 is 2.52 bits per heavy atom. The van der Waals surface area contributed by atoms with Crippen molar-refractivity contribution in [2.45, 2.75) is 6.18 Å². The van der Waals surface area contributed by atoms with Gasteiger partial charge in [-0.3, -0.25) is 0 Å². The molecule has 0 aliphatic heterocycles. The quantitative estimate of drug-likeness (QED) is 0.674. The second kappa shape index (κ2) is 5.54. The number of nitrogens with one attached hydrogen (secondary N) is 1. The van der Waals surface area contributed by atoms with Gasteiger partial charge in [0.1, 0.15) is 22.9 Å². The molecule has 0 radical (unpaired) electrons. The van der Waals surface area contributed by atoms with E-state index in [0.29, 0.717) is 0 Å². The summed E-state index contributed by atoms with van der Waals surface area (Å²) in [5.41, 5.74) is -0.0629. The Morgan fingerprint density at radius 2 is 1.90 bits per heavy atom. The zero-order chi connectivity index (χ0) is 15.6. The molecule has 1 aromatic carbocycles. The van der Waals surface area contributed by atoms with Gasteiger partial charge >= 0.3 is 6.18 Å². The maximum atomic E-state index is 13.1. The summed E-state index contributed by atoms with van der Waals surface area (Å²) >= 11 is 5.50. The van der Waals surface area contributed by atoms with Crippen molar-refractivity contribution in [1.82, 2.24) is 9.97 Å². The van der Waals surface area contributed by atoms with Gasteiger partial charge in [-0.2, -0.15) is 18.4 Å². The Bertz CT molecular complexity index is 724. The number of rotatable bonds is 2. The van der Waals surface area contributed by atoms with Crippen LogP contribution in [0.4, 0.5) is 29.1 Å². The number of anilines is 2. The van der Waals surface area contributed by atoms with E-state index in [2.05, 4.69) is 15.3 Å². The molecule has 108 valence electrons. The van der Waals surface area contributed by atoms with Crippen LogP contribution in [0, 0.1) is 17.1 Å². The summed E-state index contributed by atoms with van der Waals surface area (Å²) in [6.45, 7) is 0. The van der Waals surface area contributed by atoms with E-state index < -0.39 is 23.0 Å². The second-order valence-electron chi connectivity index (χ2n) is 3.83. The Balaban J connectivity index is 2.36. The van der Waals surface area contributed by atoms with Crippen molar-refractivity contribution in [3.63, 3.8) is 0 Å². The Hall–Kier alpha value is -2.40. The van der Waals surface area contributed by atoms with Gasteiger partial charge in [0.15, 0.2) is 0 Å². The number of hydrogen-bond acceptors (Lipinski definition) is 4. The van der Waals surface area contributed by atoms with E-state index in [1.807, 2.05) is 0 Å². The molecule has 0 saturated carbocycles. The molecular formula is C12H5ClF4N4. The molecular weight excluding hydrogens is 312 g/mol. The van der Waals surface area contributed by atoms with E-state index in [1.54, 1.807) is 6.07 Å². The monoisotopic (exact) mass is 316 g/mol. The molecule has 0 fully saturated rings. The van der Waals surface area contributed by atoms with Crippen LogP contribution in [-0.2, 0) is 6.18 Å². The lowest BCUT2D eigenvalue weighted by Crippen LogP contribution is -2.12. The summed E-state index contributed by atoms with van der Waals surface area (Å²) in [5.74, 6) is -2.36. The molecule has 0 spiro atoms. The maximum absolute atomic E-state index is 13.1. The van der Waals surface area contributed by atoms with Crippen molar-refractivity contribution in [2.24, 2.45) is 0 Å². The van der Waals surface area contributed by atoms with Gasteiger partial charge in [-0.05, 0) is 18.2 Å². The predicted octanol–water partition coefficient (Wildman–Crippen LogP) is 3.90. The normalized spacial score (nSPS) is 11.0. The van der Waals surface area contributed by atoms with Crippen LogP contribution >= 0.6 is 11.6 Å². The van der Waals surface area contributed by atoms with E-state index in [-0.39, 0.29) is 17.1 Å². The van der Waals surface area contributed by atoms with E-state index >= 15 is 0 Å². The molecule has 1 N–H and O–H groups in total. The van der Waals surface area contributed by atoms with Gasteiger partial charge in [-0.15, -0.1) is 0 Å². The van der Waals surface area contributed by atoms with Crippen LogP contribution in [0.5, 0.6) is 0 Å². The topological polar surface area (TPSA) is 61.6 Å². The lowest BCUT2D eigenvalue weighted by molar-refractivity contribution is -0.144.